The highest BCUT2D eigenvalue weighted by molar-refractivity contribution is 6.35. The molecule has 0 aromatic heterocycles. The summed E-state index contributed by atoms with van der Waals surface area (Å²) < 4.78 is 4.70. The molecule has 1 aromatic carbocycles. The molecular formula is C11H11Cl2NO2. The van der Waals surface area contributed by atoms with E-state index in [1.165, 1.54) is 7.11 Å². The Morgan fingerprint density at radius 1 is 1.50 bits per heavy atom. The van der Waals surface area contributed by atoms with Gasteiger partial charge in [-0.05, 0) is 29.7 Å². The summed E-state index contributed by atoms with van der Waals surface area (Å²) in [4.78, 5) is 11.4. The van der Waals surface area contributed by atoms with Gasteiger partial charge >= 0.3 is 5.97 Å². The predicted molar refractivity (Wildman–Crippen MR) is 62.8 cm³/mol. The molecular weight excluding hydrogens is 249 g/mol. The molecule has 1 aromatic rings. The highest BCUT2D eigenvalue weighted by atomic mass is 35.5. The van der Waals surface area contributed by atoms with Crippen LogP contribution >= 0.6 is 23.2 Å². The van der Waals surface area contributed by atoms with Gasteiger partial charge in [0.05, 0.1) is 7.11 Å². The maximum Gasteiger partial charge on any atom is 0.323 e. The SMILES string of the molecule is COC(=O)C1Cc2cc(Cl)cc(Cl)c2CN1. The summed E-state index contributed by atoms with van der Waals surface area (Å²) in [7, 11) is 1.38. The van der Waals surface area contributed by atoms with Crippen molar-refractivity contribution in [2.45, 2.75) is 19.0 Å². The second kappa shape index (κ2) is 4.62. The summed E-state index contributed by atoms with van der Waals surface area (Å²) in [6, 6.07) is 3.24. The first-order valence-electron chi connectivity index (χ1n) is 4.90. The van der Waals surface area contributed by atoms with E-state index in [1.807, 2.05) is 6.07 Å². The number of hydrogen-bond donors (Lipinski definition) is 1. The van der Waals surface area contributed by atoms with Crippen LogP contribution in [0.5, 0.6) is 0 Å². The summed E-state index contributed by atoms with van der Waals surface area (Å²) in [5, 5.41) is 4.31. The minimum Gasteiger partial charge on any atom is -0.468 e. The highest BCUT2D eigenvalue weighted by Gasteiger charge is 2.26. The van der Waals surface area contributed by atoms with Gasteiger partial charge in [0.1, 0.15) is 6.04 Å². The van der Waals surface area contributed by atoms with Gasteiger partial charge in [-0.15, -0.1) is 0 Å². The zero-order chi connectivity index (χ0) is 11.7. The molecule has 0 spiro atoms. The van der Waals surface area contributed by atoms with Gasteiger partial charge in [0.2, 0.25) is 0 Å². The average molecular weight is 260 g/mol. The molecule has 2 rings (SSSR count). The molecule has 1 unspecified atom stereocenters. The number of fused-ring (bicyclic) bond motifs is 1. The molecule has 86 valence electrons. The lowest BCUT2D eigenvalue weighted by molar-refractivity contribution is -0.143. The summed E-state index contributed by atoms with van der Waals surface area (Å²) in [6.07, 6.45) is 0.558. The van der Waals surface area contributed by atoms with Gasteiger partial charge in [-0.2, -0.15) is 0 Å². The van der Waals surface area contributed by atoms with Crippen LogP contribution in [0.3, 0.4) is 0 Å². The second-order valence-corrected chi connectivity index (χ2v) is 4.53. The molecule has 0 amide bonds. The number of carbonyl (C=O) groups excluding carboxylic acids is 1. The number of carbonyl (C=O) groups is 1. The van der Waals surface area contributed by atoms with Crippen molar-refractivity contribution in [3.63, 3.8) is 0 Å². The normalized spacial score (nSPS) is 19.1. The van der Waals surface area contributed by atoms with Gasteiger partial charge in [0, 0.05) is 16.6 Å². The third-order valence-electron chi connectivity index (χ3n) is 2.69. The smallest absolute Gasteiger partial charge is 0.323 e. The largest absolute Gasteiger partial charge is 0.468 e. The van der Waals surface area contributed by atoms with E-state index in [-0.39, 0.29) is 12.0 Å². The van der Waals surface area contributed by atoms with Crippen molar-refractivity contribution in [1.82, 2.24) is 5.32 Å². The molecule has 1 aliphatic rings. The highest BCUT2D eigenvalue weighted by Crippen LogP contribution is 2.28. The fraction of sp³-hybridized carbons (Fsp3) is 0.364. The van der Waals surface area contributed by atoms with E-state index in [4.69, 9.17) is 27.9 Å². The second-order valence-electron chi connectivity index (χ2n) is 3.69. The van der Waals surface area contributed by atoms with Crippen LogP contribution in [0.4, 0.5) is 0 Å². The third kappa shape index (κ3) is 2.17. The first-order valence-corrected chi connectivity index (χ1v) is 5.65. The summed E-state index contributed by atoms with van der Waals surface area (Å²) >= 11 is 12.0. The molecule has 0 radical (unpaired) electrons. The molecule has 0 bridgehead atoms. The number of rotatable bonds is 1. The van der Waals surface area contributed by atoms with E-state index in [2.05, 4.69) is 5.32 Å². The Morgan fingerprint density at radius 2 is 2.25 bits per heavy atom. The van der Waals surface area contributed by atoms with Crippen molar-refractivity contribution in [3.8, 4) is 0 Å². The topological polar surface area (TPSA) is 38.3 Å². The molecule has 0 saturated carbocycles. The molecule has 0 fully saturated rings. The van der Waals surface area contributed by atoms with Crippen LogP contribution in [-0.4, -0.2) is 19.1 Å². The number of benzene rings is 1. The van der Waals surface area contributed by atoms with E-state index >= 15 is 0 Å². The standard InChI is InChI=1S/C11H11Cl2NO2/c1-16-11(15)10-3-6-2-7(12)4-9(13)8(6)5-14-10/h2,4,10,14H,3,5H2,1H3. The molecule has 1 heterocycles. The van der Waals surface area contributed by atoms with Crippen LogP contribution in [-0.2, 0) is 22.5 Å². The average Bonchev–Trinajstić information content (AvgIpc) is 2.27. The van der Waals surface area contributed by atoms with Crippen LogP contribution < -0.4 is 5.32 Å². The molecule has 0 aliphatic carbocycles. The van der Waals surface area contributed by atoms with Gasteiger partial charge in [0.25, 0.3) is 0 Å². The monoisotopic (exact) mass is 259 g/mol. The number of esters is 1. The molecule has 3 nitrogen and oxygen atoms in total. The van der Waals surface area contributed by atoms with Gasteiger partial charge in [-0.3, -0.25) is 10.1 Å². The van der Waals surface area contributed by atoms with Crippen molar-refractivity contribution in [3.05, 3.63) is 33.3 Å². The van der Waals surface area contributed by atoms with E-state index < -0.39 is 0 Å². The van der Waals surface area contributed by atoms with E-state index in [0.717, 1.165) is 11.1 Å². The van der Waals surface area contributed by atoms with Crippen molar-refractivity contribution in [2.24, 2.45) is 0 Å². The maximum absolute atomic E-state index is 11.4. The Hall–Kier alpha value is -0.770. The summed E-state index contributed by atoms with van der Waals surface area (Å²) in [5.41, 5.74) is 2.01. The van der Waals surface area contributed by atoms with Crippen molar-refractivity contribution in [2.75, 3.05) is 7.11 Å². The van der Waals surface area contributed by atoms with Crippen molar-refractivity contribution >= 4 is 29.2 Å². The Balaban J connectivity index is 2.30. The van der Waals surface area contributed by atoms with E-state index in [9.17, 15) is 4.79 Å². The van der Waals surface area contributed by atoms with Crippen LogP contribution in [0.1, 0.15) is 11.1 Å². The van der Waals surface area contributed by atoms with Crippen LogP contribution in [0, 0.1) is 0 Å². The zero-order valence-electron chi connectivity index (χ0n) is 8.72. The molecule has 0 saturated heterocycles. The molecule has 5 heteroatoms. The first kappa shape index (κ1) is 11.7. The van der Waals surface area contributed by atoms with Gasteiger partial charge in [-0.1, -0.05) is 23.2 Å². The molecule has 1 N–H and O–H groups in total. The lowest BCUT2D eigenvalue weighted by Gasteiger charge is -2.25. The number of hydrogen-bond acceptors (Lipinski definition) is 3. The van der Waals surface area contributed by atoms with Gasteiger partial charge < -0.3 is 4.74 Å². The molecule has 1 atom stereocenters. The Kier molecular flexibility index (Phi) is 3.38. The van der Waals surface area contributed by atoms with Crippen LogP contribution in [0.15, 0.2) is 12.1 Å². The first-order chi connectivity index (χ1) is 7.61. The third-order valence-corrected chi connectivity index (χ3v) is 3.24. The minimum absolute atomic E-state index is 0.262. The number of methoxy groups -OCH3 is 1. The predicted octanol–water partition coefficient (Wildman–Crippen LogP) is 2.18. The van der Waals surface area contributed by atoms with E-state index in [1.54, 1.807) is 6.07 Å². The number of ether oxygens (including phenoxy) is 1. The van der Waals surface area contributed by atoms with E-state index in [0.29, 0.717) is 23.0 Å². The minimum atomic E-state index is -0.313. The molecule has 16 heavy (non-hydrogen) atoms. The Labute approximate surface area is 104 Å². The van der Waals surface area contributed by atoms with Gasteiger partial charge in [-0.25, -0.2) is 0 Å². The lowest BCUT2D eigenvalue weighted by atomic mass is 9.96. The quantitative estimate of drug-likeness (QED) is 0.786. The summed E-state index contributed by atoms with van der Waals surface area (Å²) in [5.74, 6) is -0.262. The van der Waals surface area contributed by atoms with Gasteiger partial charge in [0.15, 0.2) is 0 Å². The fourth-order valence-corrected chi connectivity index (χ4v) is 2.47. The number of nitrogens with one attached hydrogen (secondary N) is 1. The number of halogens is 2. The Morgan fingerprint density at radius 3 is 2.94 bits per heavy atom. The Bertz CT molecular complexity index is 434. The summed E-state index contributed by atoms with van der Waals surface area (Å²) in [6.45, 7) is 0.561. The maximum atomic E-state index is 11.4. The van der Waals surface area contributed by atoms with Crippen LogP contribution in [0.2, 0.25) is 10.0 Å². The van der Waals surface area contributed by atoms with Crippen LogP contribution in [0.25, 0.3) is 0 Å². The van der Waals surface area contributed by atoms with Crippen molar-refractivity contribution in [1.29, 1.82) is 0 Å². The fourth-order valence-electron chi connectivity index (χ4n) is 1.86. The lowest BCUT2D eigenvalue weighted by Crippen LogP contribution is -2.42. The van der Waals surface area contributed by atoms with Crippen molar-refractivity contribution < 1.29 is 9.53 Å². The zero-order valence-corrected chi connectivity index (χ0v) is 10.2. The molecule has 1 aliphatic heterocycles.